The van der Waals surface area contributed by atoms with E-state index in [9.17, 15) is 14.9 Å². The predicted octanol–water partition coefficient (Wildman–Crippen LogP) is 2.96. The summed E-state index contributed by atoms with van der Waals surface area (Å²) in [4.78, 5) is 22.2. The summed E-state index contributed by atoms with van der Waals surface area (Å²) < 4.78 is 0.933. The predicted molar refractivity (Wildman–Crippen MR) is 87.3 cm³/mol. The van der Waals surface area contributed by atoms with Crippen molar-refractivity contribution in [1.82, 2.24) is 5.43 Å². The van der Waals surface area contributed by atoms with Crippen LogP contribution in [-0.4, -0.2) is 17.0 Å². The van der Waals surface area contributed by atoms with Gasteiger partial charge in [-0.25, -0.2) is 5.43 Å². The first-order valence-electron chi connectivity index (χ1n) is 5.90. The highest BCUT2D eigenvalue weighted by atomic mass is 127. The molecule has 1 amide bonds. The number of amides is 1. The summed E-state index contributed by atoms with van der Waals surface area (Å²) in [6.45, 7) is 0. The van der Waals surface area contributed by atoms with Gasteiger partial charge in [-0.15, -0.1) is 0 Å². The molecule has 7 heteroatoms. The fraction of sp³-hybridized carbons (Fsp3) is 0. The summed E-state index contributed by atoms with van der Waals surface area (Å²) in [6.07, 6.45) is 1.25. The lowest BCUT2D eigenvalue weighted by atomic mass is 10.2. The quantitative estimate of drug-likeness (QED) is 0.374. The van der Waals surface area contributed by atoms with Crippen molar-refractivity contribution in [3.63, 3.8) is 0 Å². The van der Waals surface area contributed by atoms with Gasteiger partial charge >= 0.3 is 0 Å². The first-order valence-corrected chi connectivity index (χ1v) is 6.98. The molecule has 0 aliphatic carbocycles. The number of nitro groups is 1. The van der Waals surface area contributed by atoms with E-state index in [4.69, 9.17) is 0 Å². The zero-order chi connectivity index (χ0) is 15.2. The van der Waals surface area contributed by atoms with E-state index in [0.29, 0.717) is 11.1 Å². The zero-order valence-electron chi connectivity index (χ0n) is 10.7. The molecule has 106 valence electrons. The van der Waals surface area contributed by atoms with Crippen LogP contribution < -0.4 is 5.43 Å². The monoisotopic (exact) mass is 395 g/mol. The van der Waals surface area contributed by atoms with Crippen molar-refractivity contribution in [2.75, 3.05) is 0 Å². The van der Waals surface area contributed by atoms with Gasteiger partial charge in [-0.1, -0.05) is 18.2 Å². The van der Waals surface area contributed by atoms with Gasteiger partial charge in [-0.05, 0) is 46.9 Å². The largest absolute Gasteiger partial charge is 0.278 e. The molecule has 0 radical (unpaired) electrons. The highest BCUT2D eigenvalue weighted by molar-refractivity contribution is 14.1. The Kier molecular flexibility index (Phi) is 4.99. The summed E-state index contributed by atoms with van der Waals surface area (Å²) >= 11 is 2.10. The Morgan fingerprint density at radius 2 is 2.00 bits per heavy atom. The number of nitrogens with zero attached hydrogens (tertiary/aromatic N) is 2. The lowest BCUT2D eigenvalue weighted by Gasteiger charge is -2.00. The SMILES string of the molecule is O=C(NN=Cc1ccccc1[N+](=O)[O-])c1cccc(I)c1. The molecule has 2 aromatic rings. The summed E-state index contributed by atoms with van der Waals surface area (Å²) in [5, 5.41) is 14.6. The molecular weight excluding hydrogens is 385 g/mol. The van der Waals surface area contributed by atoms with E-state index in [0.717, 1.165) is 3.57 Å². The summed E-state index contributed by atoms with van der Waals surface area (Å²) in [6, 6.07) is 13.2. The number of hydrogen-bond acceptors (Lipinski definition) is 4. The van der Waals surface area contributed by atoms with Crippen molar-refractivity contribution < 1.29 is 9.72 Å². The zero-order valence-corrected chi connectivity index (χ0v) is 12.9. The second-order valence-corrected chi connectivity index (χ2v) is 5.27. The topological polar surface area (TPSA) is 84.6 Å². The minimum Gasteiger partial charge on any atom is -0.267 e. The van der Waals surface area contributed by atoms with Crippen molar-refractivity contribution in [1.29, 1.82) is 0 Å². The number of rotatable bonds is 4. The van der Waals surface area contributed by atoms with E-state index in [1.54, 1.807) is 36.4 Å². The van der Waals surface area contributed by atoms with Gasteiger partial charge in [0.25, 0.3) is 11.6 Å². The van der Waals surface area contributed by atoms with Gasteiger partial charge in [0, 0.05) is 15.2 Å². The molecule has 0 aliphatic heterocycles. The molecule has 6 nitrogen and oxygen atoms in total. The van der Waals surface area contributed by atoms with Gasteiger partial charge in [0.2, 0.25) is 0 Å². The molecule has 0 bridgehead atoms. The Balaban J connectivity index is 2.09. The number of hydrazone groups is 1. The highest BCUT2D eigenvalue weighted by Crippen LogP contribution is 2.15. The first kappa shape index (κ1) is 15.1. The lowest BCUT2D eigenvalue weighted by Crippen LogP contribution is -2.17. The van der Waals surface area contributed by atoms with Crippen LogP contribution in [0, 0.1) is 13.7 Å². The third-order valence-corrected chi connectivity index (χ3v) is 3.26. The first-order chi connectivity index (χ1) is 10.1. The molecule has 0 saturated carbocycles. The molecule has 0 spiro atoms. The van der Waals surface area contributed by atoms with Crippen LogP contribution in [0.5, 0.6) is 0 Å². The van der Waals surface area contributed by atoms with Crippen LogP contribution in [0.3, 0.4) is 0 Å². The number of carbonyl (C=O) groups is 1. The van der Waals surface area contributed by atoms with Gasteiger partial charge in [0.1, 0.15) is 0 Å². The molecule has 0 unspecified atom stereocenters. The normalized spacial score (nSPS) is 10.5. The number of nitrogens with one attached hydrogen (secondary N) is 1. The van der Waals surface area contributed by atoms with Gasteiger partial charge < -0.3 is 0 Å². The van der Waals surface area contributed by atoms with E-state index >= 15 is 0 Å². The van der Waals surface area contributed by atoms with Crippen molar-refractivity contribution in [2.45, 2.75) is 0 Å². The molecule has 2 aromatic carbocycles. The third-order valence-electron chi connectivity index (χ3n) is 2.59. The standard InChI is InChI=1S/C14H10IN3O3/c15-12-6-3-5-10(8-12)14(19)17-16-9-11-4-1-2-7-13(11)18(20)21/h1-9H,(H,17,19). The number of nitro benzene ring substituents is 1. The van der Waals surface area contributed by atoms with Crippen LogP contribution in [0.1, 0.15) is 15.9 Å². The number of benzene rings is 2. The minimum atomic E-state index is -0.497. The molecular formula is C14H10IN3O3. The molecule has 0 aliphatic rings. The van der Waals surface area contributed by atoms with E-state index in [-0.39, 0.29) is 11.6 Å². The fourth-order valence-electron chi connectivity index (χ4n) is 1.62. The van der Waals surface area contributed by atoms with Gasteiger partial charge in [-0.2, -0.15) is 5.10 Å². The maximum absolute atomic E-state index is 11.8. The Hall–Kier alpha value is -2.29. The third kappa shape index (κ3) is 4.09. The number of halogens is 1. The number of para-hydroxylation sites is 1. The van der Waals surface area contributed by atoms with Crippen molar-refractivity contribution in [3.8, 4) is 0 Å². The molecule has 21 heavy (non-hydrogen) atoms. The summed E-state index contributed by atoms with van der Waals surface area (Å²) in [5.74, 6) is -0.372. The van der Waals surface area contributed by atoms with Crippen molar-refractivity contribution in [3.05, 3.63) is 73.3 Å². The number of hydrogen-bond donors (Lipinski definition) is 1. The highest BCUT2D eigenvalue weighted by Gasteiger charge is 2.10. The Labute approximate surface area is 134 Å². The van der Waals surface area contributed by atoms with E-state index in [1.807, 2.05) is 6.07 Å². The van der Waals surface area contributed by atoms with Crippen molar-refractivity contribution >= 4 is 40.4 Å². The summed E-state index contributed by atoms with van der Waals surface area (Å²) in [5.41, 5.74) is 3.08. The lowest BCUT2D eigenvalue weighted by molar-refractivity contribution is -0.385. The van der Waals surface area contributed by atoms with Gasteiger partial charge in [0.05, 0.1) is 16.7 Å². The van der Waals surface area contributed by atoms with Crippen LogP contribution in [0.2, 0.25) is 0 Å². The average Bonchev–Trinajstić information content (AvgIpc) is 2.47. The second-order valence-electron chi connectivity index (χ2n) is 4.03. The Morgan fingerprint density at radius 1 is 1.24 bits per heavy atom. The van der Waals surface area contributed by atoms with Crippen LogP contribution in [0.4, 0.5) is 5.69 Å². The smallest absolute Gasteiger partial charge is 0.267 e. The summed E-state index contributed by atoms with van der Waals surface area (Å²) in [7, 11) is 0. The molecule has 0 fully saturated rings. The minimum absolute atomic E-state index is 0.0650. The molecule has 0 saturated heterocycles. The van der Waals surface area contributed by atoms with Gasteiger partial charge in [0.15, 0.2) is 0 Å². The van der Waals surface area contributed by atoms with Crippen molar-refractivity contribution in [2.24, 2.45) is 5.10 Å². The molecule has 0 aromatic heterocycles. The molecule has 1 N–H and O–H groups in total. The van der Waals surface area contributed by atoms with E-state index in [2.05, 4.69) is 33.1 Å². The van der Waals surface area contributed by atoms with E-state index in [1.165, 1.54) is 12.3 Å². The maximum Gasteiger partial charge on any atom is 0.278 e. The van der Waals surface area contributed by atoms with Crippen LogP contribution >= 0.6 is 22.6 Å². The molecule has 0 atom stereocenters. The number of carbonyl (C=O) groups excluding carboxylic acids is 1. The maximum atomic E-state index is 11.8. The van der Waals surface area contributed by atoms with Crippen LogP contribution in [-0.2, 0) is 0 Å². The van der Waals surface area contributed by atoms with Crippen LogP contribution in [0.15, 0.2) is 53.6 Å². The average molecular weight is 395 g/mol. The van der Waals surface area contributed by atoms with Crippen LogP contribution in [0.25, 0.3) is 0 Å². The van der Waals surface area contributed by atoms with Gasteiger partial charge in [-0.3, -0.25) is 14.9 Å². The fourth-order valence-corrected chi connectivity index (χ4v) is 2.16. The molecule has 2 rings (SSSR count). The van der Waals surface area contributed by atoms with E-state index < -0.39 is 4.92 Å². The Morgan fingerprint density at radius 3 is 2.71 bits per heavy atom. The second kappa shape index (κ2) is 6.93. The molecule has 0 heterocycles. The Bertz CT molecular complexity index is 716.